The number of esters is 1. The van der Waals surface area contributed by atoms with Crippen molar-refractivity contribution in [2.45, 2.75) is 64.5 Å². The summed E-state index contributed by atoms with van der Waals surface area (Å²) < 4.78 is 59.4. The molecule has 0 atom stereocenters. The molecule has 298 valence electrons. The van der Waals surface area contributed by atoms with Crippen molar-refractivity contribution in [3.8, 4) is 34.8 Å². The third kappa shape index (κ3) is 13.2. The fraction of sp³-hybridized carbons (Fsp3) is 0.441. The van der Waals surface area contributed by atoms with Crippen LogP contribution in [0, 0.1) is 11.8 Å². The molecule has 4 aromatic rings. The van der Waals surface area contributed by atoms with Crippen LogP contribution in [-0.2, 0) is 9.53 Å². The monoisotopic (exact) mass is 816 g/mol. The van der Waals surface area contributed by atoms with Crippen LogP contribution in [0.3, 0.4) is 0 Å². The highest BCUT2D eigenvalue weighted by atomic mass is 35.5. The van der Waals surface area contributed by atoms with E-state index in [1.54, 1.807) is 43.3 Å². The predicted molar refractivity (Wildman–Crippen MR) is 187 cm³/mol. The number of aromatic amines is 2. The van der Waals surface area contributed by atoms with E-state index in [4.69, 9.17) is 61.9 Å². The number of nitrogens with one attached hydrogen (secondary N) is 2. The number of hydrogen-bond donors (Lipinski definition) is 4. The van der Waals surface area contributed by atoms with Gasteiger partial charge in [0.05, 0.1) is 29.9 Å². The molecule has 2 aromatic carbocycles. The fourth-order valence-electron chi connectivity index (χ4n) is 5.36. The average molecular weight is 818 g/mol. The first-order valence-electron chi connectivity index (χ1n) is 17.0. The molecule has 16 nitrogen and oxygen atoms in total. The number of aromatic nitrogens is 6. The van der Waals surface area contributed by atoms with Crippen molar-refractivity contribution < 1.29 is 61.5 Å². The average Bonchev–Trinajstić information content (AvgIpc) is 3.98. The molecule has 0 radical (unpaired) electrons. The third-order valence-corrected chi connectivity index (χ3v) is 8.73. The Balaban J connectivity index is 0.000000210. The molecule has 0 aliphatic heterocycles. The van der Waals surface area contributed by atoms with Crippen molar-refractivity contribution in [1.29, 1.82) is 0 Å². The topological polar surface area (TPSA) is 221 Å². The lowest BCUT2D eigenvalue weighted by atomic mass is 10.1. The molecule has 0 spiro atoms. The predicted octanol–water partition coefficient (Wildman–Crippen LogP) is 8.15. The molecule has 2 aliphatic rings. The summed E-state index contributed by atoms with van der Waals surface area (Å²) in [6, 6.07) is 9.92. The summed E-state index contributed by atoms with van der Waals surface area (Å²) in [4.78, 5) is 31.7. The number of aromatic carboxylic acids is 1. The van der Waals surface area contributed by atoms with Crippen LogP contribution in [0.5, 0.6) is 34.8 Å². The van der Waals surface area contributed by atoms with E-state index in [0.29, 0.717) is 58.1 Å². The summed E-state index contributed by atoms with van der Waals surface area (Å²) in [6.07, 6.45) is 4.65. The standard InChI is InChI=1S/C17H20ClN3O4.C15H16ClN3O4.C2HF3O2/c1-2-23-17(22)15-16(20-21-19-15)25-12-7-8-13(18)14(9-12)24-10-11-5-3-4-6-11;16-11-6-5-10(23-14-13(15(20)21)17-19-18-14)7-12(11)22-8-9-3-1-2-4-9;3-2(4,5)1(6)7/h7-9,11H,2-6,10H2,1H3,(H,19,20,21);5-7,9H,1-4,8H2,(H,20,21)(H,17,18,19);(H,6,7). The molecular formula is C34H37Cl2F3N6O10. The lowest BCUT2D eigenvalue weighted by molar-refractivity contribution is -0.192. The van der Waals surface area contributed by atoms with Crippen LogP contribution in [0.15, 0.2) is 36.4 Å². The van der Waals surface area contributed by atoms with Gasteiger partial charge in [-0.3, -0.25) is 0 Å². The van der Waals surface area contributed by atoms with Crippen LogP contribution in [0.1, 0.15) is 79.3 Å². The quantitative estimate of drug-likeness (QED) is 0.0936. The van der Waals surface area contributed by atoms with Crippen LogP contribution in [-0.4, -0.2) is 84.9 Å². The number of ether oxygens (including phenoxy) is 5. The minimum absolute atomic E-state index is 0.0440. The second kappa shape index (κ2) is 20.4. The zero-order valence-corrected chi connectivity index (χ0v) is 30.7. The number of benzene rings is 2. The summed E-state index contributed by atoms with van der Waals surface area (Å²) in [6.45, 7) is 3.22. The molecule has 2 saturated carbocycles. The Kier molecular flexibility index (Phi) is 15.7. The molecule has 2 heterocycles. The minimum Gasteiger partial charge on any atom is -0.492 e. The van der Waals surface area contributed by atoms with E-state index < -0.39 is 24.1 Å². The van der Waals surface area contributed by atoms with Crippen molar-refractivity contribution in [3.63, 3.8) is 0 Å². The van der Waals surface area contributed by atoms with E-state index in [-0.39, 0.29) is 29.8 Å². The maximum absolute atomic E-state index is 11.8. The summed E-state index contributed by atoms with van der Waals surface area (Å²) in [7, 11) is 0. The number of carboxylic acid groups (broad SMARTS) is 2. The van der Waals surface area contributed by atoms with Gasteiger partial charge >= 0.3 is 24.1 Å². The first kappa shape index (κ1) is 42.4. The summed E-state index contributed by atoms with van der Waals surface area (Å²) in [5.41, 5.74) is -0.154. The fourth-order valence-corrected chi connectivity index (χ4v) is 5.71. The Labute approximate surface area is 321 Å². The van der Waals surface area contributed by atoms with Gasteiger partial charge in [-0.1, -0.05) is 69.5 Å². The first-order valence-corrected chi connectivity index (χ1v) is 17.7. The van der Waals surface area contributed by atoms with Crippen molar-refractivity contribution in [1.82, 2.24) is 30.8 Å². The third-order valence-electron chi connectivity index (χ3n) is 8.10. The van der Waals surface area contributed by atoms with E-state index >= 15 is 0 Å². The number of alkyl halides is 3. The number of carbonyl (C=O) groups is 3. The van der Waals surface area contributed by atoms with Crippen molar-refractivity contribution in [2.75, 3.05) is 19.8 Å². The Hall–Kier alpha value is -5.30. The van der Waals surface area contributed by atoms with Gasteiger partial charge in [-0.15, -0.1) is 0 Å². The highest BCUT2D eigenvalue weighted by Crippen LogP contribution is 2.35. The number of rotatable bonds is 13. The zero-order chi connectivity index (χ0) is 40.0. The number of carboxylic acids is 2. The smallest absolute Gasteiger partial charge is 0.490 e. The van der Waals surface area contributed by atoms with Gasteiger partial charge in [-0.25, -0.2) is 24.6 Å². The molecule has 21 heteroatoms. The first-order chi connectivity index (χ1) is 26.2. The maximum Gasteiger partial charge on any atom is 0.490 e. The van der Waals surface area contributed by atoms with E-state index in [1.165, 1.54) is 51.4 Å². The molecule has 4 N–H and O–H groups in total. The summed E-state index contributed by atoms with van der Waals surface area (Å²) >= 11 is 12.3. The zero-order valence-electron chi connectivity index (χ0n) is 29.2. The number of carbonyl (C=O) groups excluding carboxylic acids is 1. The molecule has 2 aliphatic carbocycles. The van der Waals surface area contributed by atoms with Crippen molar-refractivity contribution >= 4 is 41.1 Å². The second-order valence-electron chi connectivity index (χ2n) is 12.1. The van der Waals surface area contributed by atoms with Gasteiger partial charge in [0.1, 0.15) is 23.0 Å². The van der Waals surface area contributed by atoms with Crippen molar-refractivity contribution in [2.24, 2.45) is 11.8 Å². The maximum atomic E-state index is 11.8. The Morgan fingerprint density at radius 2 is 1.18 bits per heavy atom. The van der Waals surface area contributed by atoms with E-state index in [1.807, 2.05) is 0 Å². The van der Waals surface area contributed by atoms with Gasteiger partial charge in [-0.2, -0.15) is 13.2 Å². The van der Waals surface area contributed by atoms with Crippen LogP contribution >= 0.6 is 23.2 Å². The van der Waals surface area contributed by atoms with E-state index in [9.17, 15) is 22.8 Å². The molecule has 6 rings (SSSR count). The van der Waals surface area contributed by atoms with Crippen molar-refractivity contribution in [3.05, 3.63) is 57.8 Å². The Morgan fingerprint density at radius 1 is 0.764 bits per heavy atom. The molecule has 0 amide bonds. The number of hydrogen-bond acceptors (Lipinski definition) is 12. The van der Waals surface area contributed by atoms with Gasteiger partial charge in [-0.05, 0) is 68.7 Å². The van der Waals surface area contributed by atoms with Gasteiger partial charge in [0.25, 0.3) is 11.8 Å². The Bertz CT molecular complexity index is 1880. The normalized spacial score (nSPS) is 14.2. The summed E-state index contributed by atoms with van der Waals surface area (Å²) in [5.74, 6) is -1.57. The minimum atomic E-state index is -5.08. The SMILES string of the molecule is CCOC(=O)c1[nH]nnc1Oc1ccc(Cl)c(OCC2CCCC2)c1.O=C(O)C(F)(F)F.O=C(O)c1[nH]nnc1Oc1ccc(Cl)c(OCC2CCCC2)c1. The molecule has 55 heavy (non-hydrogen) atoms. The van der Waals surface area contributed by atoms with Crippen LogP contribution in [0.2, 0.25) is 10.0 Å². The largest absolute Gasteiger partial charge is 0.492 e. The lowest BCUT2D eigenvalue weighted by Crippen LogP contribution is -2.21. The molecular weight excluding hydrogens is 780 g/mol. The number of aliphatic carboxylic acids is 1. The highest BCUT2D eigenvalue weighted by molar-refractivity contribution is 6.32. The van der Waals surface area contributed by atoms with Gasteiger partial charge in [0, 0.05) is 12.1 Å². The molecule has 2 aromatic heterocycles. The molecule has 0 bridgehead atoms. The van der Waals surface area contributed by atoms with Crippen LogP contribution in [0.4, 0.5) is 13.2 Å². The van der Waals surface area contributed by atoms with Gasteiger partial charge < -0.3 is 33.9 Å². The number of nitrogens with zero attached hydrogens (tertiary/aromatic N) is 4. The lowest BCUT2D eigenvalue weighted by Gasteiger charge is -2.13. The molecule has 2 fully saturated rings. The number of H-pyrrole nitrogens is 2. The summed E-state index contributed by atoms with van der Waals surface area (Å²) in [5, 5.41) is 36.3. The van der Waals surface area contributed by atoms with Gasteiger partial charge in [0.15, 0.2) is 0 Å². The Morgan fingerprint density at radius 3 is 1.58 bits per heavy atom. The van der Waals surface area contributed by atoms with E-state index in [2.05, 4.69) is 30.8 Å². The highest BCUT2D eigenvalue weighted by Gasteiger charge is 2.38. The molecule has 0 unspecified atom stereocenters. The van der Waals surface area contributed by atoms with Crippen LogP contribution < -0.4 is 18.9 Å². The number of halogens is 5. The second-order valence-corrected chi connectivity index (χ2v) is 12.9. The molecule has 0 saturated heterocycles. The van der Waals surface area contributed by atoms with Gasteiger partial charge in [0.2, 0.25) is 11.4 Å². The van der Waals surface area contributed by atoms with Crippen LogP contribution in [0.25, 0.3) is 0 Å². The van der Waals surface area contributed by atoms with E-state index in [0.717, 1.165) is 0 Å².